The molecule has 218 valence electrons. The van der Waals surface area contributed by atoms with Crippen LogP contribution in [0.25, 0.3) is 82.7 Å². The second kappa shape index (κ2) is 10.8. The highest BCUT2D eigenvalue weighted by molar-refractivity contribution is 5.96. The second-order valence-corrected chi connectivity index (χ2v) is 12.0. The van der Waals surface area contributed by atoms with E-state index < -0.39 is 0 Å². The number of imidazole rings is 1. The summed E-state index contributed by atoms with van der Waals surface area (Å²) in [6, 6.07) is 60.0. The normalized spacial score (nSPS) is 11.4. The van der Waals surface area contributed by atoms with Gasteiger partial charge in [0, 0.05) is 11.3 Å². The van der Waals surface area contributed by atoms with E-state index in [2.05, 4.69) is 144 Å². The molecule has 47 heavy (non-hydrogen) atoms. The second-order valence-electron chi connectivity index (χ2n) is 12.0. The summed E-state index contributed by atoms with van der Waals surface area (Å²) in [6.45, 7) is 0. The predicted octanol–water partition coefficient (Wildman–Crippen LogP) is 11.4. The molecule has 1 aromatic heterocycles. The fourth-order valence-electron chi connectivity index (χ4n) is 6.72. The summed E-state index contributed by atoms with van der Waals surface area (Å²) >= 11 is 0. The molecular weight excluding hydrogens is 571 g/mol. The number of nitrogens with zero attached hydrogens (tertiary/aromatic N) is 3. The Hall–Kier alpha value is -6.50. The minimum atomic E-state index is 0.684. The van der Waals surface area contributed by atoms with E-state index in [1.54, 1.807) is 0 Å². The highest BCUT2D eigenvalue weighted by Crippen LogP contribution is 2.34. The number of nitriles is 1. The SMILES string of the molecule is N#Cc1ccc2cc(-c3ccc4cc(-c5ccc6cc(-c7nc8ccccc8n7-c7ccccc7)ccc6c5)ccc4c3)ccc2c1. The number of benzene rings is 8. The number of aromatic nitrogens is 2. The molecule has 0 bridgehead atoms. The Balaban J connectivity index is 1.05. The first-order chi connectivity index (χ1) is 23.2. The molecule has 1 heterocycles. The summed E-state index contributed by atoms with van der Waals surface area (Å²) in [5.41, 5.74) is 9.69. The van der Waals surface area contributed by atoms with Gasteiger partial charge in [-0.15, -0.1) is 0 Å². The largest absolute Gasteiger partial charge is 0.292 e. The van der Waals surface area contributed by atoms with Crippen LogP contribution >= 0.6 is 0 Å². The van der Waals surface area contributed by atoms with E-state index in [4.69, 9.17) is 4.98 Å². The van der Waals surface area contributed by atoms with Crippen molar-refractivity contribution >= 4 is 43.4 Å². The van der Waals surface area contributed by atoms with Gasteiger partial charge in [0.15, 0.2) is 0 Å². The third-order valence-corrected chi connectivity index (χ3v) is 9.15. The van der Waals surface area contributed by atoms with Crippen molar-refractivity contribution in [3.63, 3.8) is 0 Å². The van der Waals surface area contributed by atoms with Crippen molar-refractivity contribution in [3.8, 4) is 45.4 Å². The van der Waals surface area contributed by atoms with Crippen LogP contribution in [0.4, 0.5) is 0 Å². The van der Waals surface area contributed by atoms with Crippen molar-refractivity contribution in [1.29, 1.82) is 5.26 Å². The molecule has 0 amide bonds. The molecule has 0 aliphatic carbocycles. The number of rotatable bonds is 4. The molecule has 0 fully saturated rings. The van der Waals surface area contributed by atoms with Crippen LogP contribution < -0.4 is 0 Å². The van der Waals surface area contributed by atoms with Gasteiger partial charge in [0.05, 0.1) is 22.7 Å². The van der Waals surface area contributed by atoms with Crippen LogP contribution in [0.2, 0.25) is 0 Å². The van der Waals surface area contributed by atoms with Gasteiger partial charge in [0.2, 0.25) is 0 Å². The van der Waals surface area contributed by atoms with Crippen molar-refractivity contribution in [1.82, 2.24) is 9.55 Å². The van der Waals surface area contributed by atoms with Crippen molar-refractivity contribution < 1.29 is 0 Å². The van der Waals surface area contributed by atoms with E-state index in [9.17, 15) is 5.26 Å². The van der Waals surface area contributed by atoms with Crippen LogP contribution in [0.3, 0.4) is 0 Å². The molecule has 0 aliphatic rings. The molecule has 0 atom stereocenters. The van der Waals surface area contributed by atoms with Gasteiger partial charge < -0.3 is 0 Å². The zero-order chi connectivity index (χ0) is 31.3. The quantitative estimate of drug-likeness (QED) is 0.202. The van der Waals surface area contributed by atoms with E-state index in [1.165, 1.54) is 43.8 Å². The lowest BCUT2D eigenvalue weighted by Crippen LogP contribution is -1.97. The number of para-hydroxylation sites is 3. The van der Waals surface area contributed by atoms with E-state index in [-0.39, 0.29) is 0 Å². The fraction of sp³-hybridized carbons (Fsp3) is 0. The van der Waals surface area contributed by atoms with Crippen molar-refractivity contribution in [2.75, 3.05) is 0 Å². The average molecular weight is 598 g/mol. The summed E-state index contributed by atoms with van der Waals surface area (Å²) in [6.07, 6.45) is 0. The molecule has 3 nitrogen and oxygen atoms in total. The monoisotopic (exact) mass is 597 g/mol. The first-order valence-corrected chi connectivity index (χ1v) is 15.8. The minimum absolute atomic E-state index is 0.684. The van der Waals surface area contributed by atoms with Gasteiger partial charge in [-0.2, -0.15) is 5.26 Å². The zero-order valence-electron chi connectivity index (χ0n) is 25.4. The molecule has 0 radical (unpaired) electrons. The Morgan fingerprint density at radius 2 is 0.872 bits per heavy atom. The Bertz CT molecular complexity index is 2690. The van der Waals surface area contributed by atoms with Gasteiger partial charge in [0.25, 0.3) is 0 Å². The van der Waals surface area contributed by atoms with Gasteiger partial charge in [-0.05, 0) is 121 Å². The fourth-order valence-corrected chi connectivity index (χ4v) is 6.72. The summed E-state index contributed by atoms with van der Waals surface area (Å²) in [4.78, 5) is 5.06. The molecule has 9 aromatic rings. The first-order valence-electron chi connectivity index (χ1n) is 15.8. The molecule has 3 heteroatoms. The van der Waals surface area contributed by atoms with E-state index in [0.29, 0.717) is 5.56 Å². The molecule has 0 saturated heterocycles. The average Bonchev–Trinajstić information content (AvgIpc) is 3.53. The molecule has 9 rings (SSSR count). The van der Waals surface area contributed by atoms with Gasteiger partial charge in [-0.3, -0.25) is 4.57 Å². The molecule has 0 saturated carbocycles. The maximum atomic E-state index is 9.23. The maximum Gasteiger partial charge on any atom is 0.145 e. The summed E-state index contributed by atoms with van der Waals surface area (Å²) < 4.78 is 2.25. The third-order valence-electron chi connectivity index (χ3n) is 9.15. The van der Waals surface area contributed by atoms with Gasteiger partial charge in [0.1, 0.15) is 5.82 Å². The van der Waals surface area contributed by atoms with E-state index in [0.717, 1.165) is 38.9 Å². The Kier molecular flexibility index (Phi) is 6.19. The van der Waals surface area contributed by atoms with Gasteiger partial charge >= 0.3 is 0 Å². The van der Waals surface area contributed by atoms with E-state index >= 15 is 0 Å². The molecule has 0 aliphatic heterocycles. The maximum absolute atomic E-state index is 9.23. The smallest absolute Gasteiger partial charge is 0.145 e. The summed E-state index contributed by atoms with van der Waals surface area (Å²) in [7, 11) is 0. The van der Waals surface area contributed by atoms with Crippen LogP contribution in [0.1, 0.15) is 5.56 Å². The van der Waals surface area contributed by atoms with Crippen molar-refractivity contribution in [2.45, 2.75) is 0 Å². The molecule has 0 unspecified atom stereocenters. The van der Waals surface area contributed by atoms with Gasteiger partial charge in [-0.1, -0.05) is 97.1 Å². The lowest BCUT2D eigenvalue weighted by molar-refractivity contribution is 1.10. The molecule has 0 spiro atoms. The Labute approximate surface area is 272 Å². The lowest BCUT2D eigenvalue weighted by atomic mass is 9.95. The number of fused-ring (bicyclic) bond motifs is 4. The van der Waals surface area contributed by atoms with Crippen LogP contribution in [-0.2, 0) is 0 Å². The highest BCUT2D eigenvalue weighted by Gasteiger charge is 2.15. The first kappa shape index (κ1) is 26.9. The number of hydrogen-bond acceptors (Lipinski definition) is 2. The number of hydrogen-bond donors (Lipinski definition) is 0. The topological polar surface area (TPSA) is 41.6 Å². The van der Waals surface area contributed by atoms with Crippen LogP contribution in [0.15, 0.2) is 164 Å². The summed E-state index contributed by atoms with van der Waals surface area (Å²) in [5, 5.41) is 16.2. The highest BCUT2D eigenvalue weighted by atomic mass is 15.1. The van der Waals surface area contributed by atoms with Crippen molar-refractivity contribution in [2.24, 2.45) is 0 Å². The van der Waals surface area contributed by atoms with Crippen LogP contribution in [0.5, 0.6) is 0 Å². The lowest BCUT2D eigenvalue weighted by Gasteiger charge is -2.11. The molecular formula is C44H27N3. The Morgan fingerprint density at radius 1 is 0.426 bits per heavy atom. The minimum Gasteiger partial charge on any atom is -0.292 e. The van der Waals surface area contributed by atoms with Gasteiger partial charge in [-0.25, -0.2) is 4.98 Å². The Morgan fingerprint density at radius 3 is 1.43 bits per heavy atom. The molecule has 8 aromatic carbocycles. The standard InChI is InChI=1S/C44H27N3/c45-28-29-10-11-31-23-32(13-12-30(31)22-29)33-14-15-35-25-36(17-16-34(35)24-33)37-18-19-39-27-40(21-20-38(39)26-37)44-46-42-8-4-5-9-43(42)47(44)41-6-2-1-3-7-41/h1-27H. The van der Waals surface area contributed by atoms with Crippen molar-refractivity contribution in [3.05, 3.63) is 169 Å². The van der Waals surface area contributed by atoms with Crippen LogP contribution in [0, 0.1) is 11.3 Å². The summed E-state index contributed by atoms with van der Waals surface area (Å²) in [5.74, 6) is 0.939. The van der Waals surface area contributed by atoms with Crippen LogP contribution in [-0.4, -0.2) is 9.55 Å². The predicted molar refractivity (Wildman–Crippen MR) is 195 cm³/mol. The third kappa shape index (κ3) is 4.72. The zero-order valence-corrected chi connectivity index (χ0v) is 25.4. The van der Waals surface area contributed by atoms with E-state index in [1.807, 2.05) is 30.3 Å². The molecule has 0 N–H and O–H groups in total.